The number of aliphatic carboxylic acids is 1. The molecule has 3 rings (SSSR count). The Morgan fingerprint density at radius 2 is 2.15 bits per heavy atom. The predicted octanol–water partition coefficient (Wildman–Crippen LogP) is 3.22. The molecule has 0 radical (unpaired) electrons. The number of carboxylic acids is 1. The second kappa shape index (κ2) is 5.13. The normalized spacial score (nSPS) is 18.7. The van der Waals surface area contributed by atoms with Crippen LogP contribution in [0.1, 0.15) is 30.7 Å². The Morgan fingerprint density at radius 3 is 2.80 bits per heavy atom. The largest absolute Gasteiger partial charge is 0.486 e. The van der Waals surface area contributed by atoms with E-state index in [0.29, 0.717) is 24.5 Å². The van der Waals surface area contributed by atoms with E-state index < -0.39 is 11.8 Å². The van der Waals surface area contributed by atoms with Crippen LogP contribution in [0.5, 0.6) is 11.5 Å². The zero-order valence-corrected chi connectivity index (χ0v) is 11.5. The van der Waals surface area contributed by atoms with Crippen LogP contribution in [0.15, 0.2) is 6.07 Å². The van der Waals surface area contributed by atoms with Gasteiger partial charge in [0.1, 0.15) is 24.1 Å². The number of fused-ring (bicyclic) bond motifs is 1. The van der Waals surface area contributed by atoms with Gasteiger partial charge in [0.2, 0.25) is 0 Å². The average Bonchev–Trinajstić information content (AvgIpc) is 3.25. The maximum Gasteiger partial charge on any atom is 0.303 e. The Hall–Kier alpha value is -1.49. The summed E-state index contributed by atoms with van der Waals surface area (Å²) in [5, 5.41) is 8.89. The number of carbonyl (C=O) groups is 1. The summed E-state index contributed by atoms with van der Waals surface area (Å²) in [6, 6.07) is 1.54. The van der Waals surface area contributed by atoms with Gasteiger partial charge in [-0.15, -0.1) is 0 Å². The van der Waals surface area contributed by atoms with Gasteiger partial charge < -0.3 is 14.6 Å². The molecule has 6 heteroatoms. The number of halogens is 2. The van der Waals surface area contributed by atoms with E-state index in [2.05, 4.69) is 0 Å². The third-order valence-corrected chi connectivity index (χ3v) is 4.07. The monoisotopic (exact) mass is 300 g/mol. The molecule has 4 nitrogen and oxygen atoms in total. The summed E-state index contributed by atoms with van der Waals surface area (Å²) >= 11 is 5.99. The Morgan fingerprint density at radius 1 is 1.45 bits per heavy atom. The quantitative estimate of drug-likeness (QED) is 0.927. The Balaban J connectivity index is 2.03. The lowest BCUT2D eigenvalue weighted by Crippen LogP contribution is -2.18. The summed E-state index contributed by atoms with van der Waals surface area (Å²) in [5.74, 6) is -1.07. The number of benzene rings is 1. The zero-order chi connectivity index (χ0) is 14.3. The maximum absolute atomic E-state index is 14.4. The third kappa shape index (κ3) is 2.42. The molecule has 1 fully saturated rings. The Kier molecular flexibility index (Phi) is 3.46. The number of rotatable bonds is 4. The van der Waals surface area contributed by atoms with Gasteiger partial charge in [0.05, 0.1) is 6.42 Å². The van der Waals surface area contributed by atoms with Gasteiger partial charge in [0.15, 0.2) is 11.5 Å². The van der Waals surface area contributed by atoms with Crippen molar-refractivity contribution in [1.29, 1.82) is 0 Å². The van der Waals surface area contributed by atoms with Crippen molar-refractivity contribution in [3.63, 3.8) is 0 Å². The van der Waals surface area contributed by atoms with Crippen molar-refractivity contribution in [3.8, 4) is 11.5 Å². The van der Waals surface area contributed by atoms with Crippen LogP contribution in [-0.4, -0.2) is 24.3 Å². The van der Waals surface area contributed by atoms with Crippen molar-refractivity contribution in [2.45, 2.75) is 25.2 Å². The van der Waals surface area contributed by atoms with Crippen molar-refractivity contribution < 1.29 is 23.8 Å². The van der Waals surface area contributed by atoms with E-state index in [-0.39, 0.29) is 29.0 Å². The molecule has 1 N–H and O–H groups in total. The predicted molar refractivity (Wildman–Crippen MR) is 70.1 cm³/mol. The molecule has 1 unspecified atom stereocenters. The highest BCUT2D eigenvalue weighted by Gasteiger charge is 2.37. The average molecular weight is 301 g/mol. The summed E-state index contributed by atoms with van der Waals surface area (Å²) in [4.78, 5) is 11.0. The lowest BCUT2D eigenvalue weighted by molar-refractivity contribution is -0.137. The molecular weight excluding hydrogens is 287 g/mol. The van der Waals surface area contributed by atoms with Gasteiger partial charge in [-0.1, -0.05) is 11.6 Å². The van der Waals surface area contributed by atoms with Crippen molar-refractivity contribution in [2.24, 2.45) is 5.92 Å². The second-order valence-electron chi connectivity index (χ2n) is 5.16. The first-order chi connectivity index (χ1) is 9.58. The molecule has 0 spiro atoms. The highest BCUT2D eigenvalue weighted by molar-refractivity contribution is 6.32. The van der Waals surface area contributed by atoms with E-state index >= 15 is 0 Å². The van der Waals surface area contributed by atoms with Crippen molar-refractivity contribution in [3.05, 3.63) is 22.5 Å². The number of hydrogen-bond acceptors (Lipinski definition) is 3. The molecule has 1 saturated carbocycles. The fourth-order valence-corrected chi connectivity index (χ4v) is 2.89. The van der Waals surface area contributed by atoms with Crippen LogP contribution in [0.3, 0.4) is 0 Å². The van der Waals surface area contributed by atoms with Crippen molar-refractivity contribution >= 4 is 17.6 Å². The standard InChI is InChI=1S/C14H14ClFO4/c15-12-13(16)9(5-10-14(12)20-4-3-19-10)8(6-11(17)18)7-1-2-7/h5,7-8H,1-4,6H2,(H,17,18). The summed E-state index contributed by atoms with van der Waals surface area (Å²) in [6.45, 7) is 0.702. The molecule has 20 heavy (non-hydrogen) atoms. The molecule has 1 aliphatic carbocycles. The van der Waals surface area contributed by atoms with E-state index in [9.17, 15) is 9.18 Å². The van der Waals surface area contributed by atoms with E-state index in [1.807, 2.05) is 0 Å². The highest BCUT2D eigenvalue weighted by Crippen LogP contribution is 2.49. The molecule has 1 aromatic rings. The minimum atomic E-state index is -0.938. The van der Waals surface area contributed by atoms with E-state index in [1.54, 1.807) is 6.07 Å². The maximum atomic E-state index is 14.4. The fraction of sp³-hybridized carbons (Fsp3) is 0.500. The molecule has 1 aliphatic heterocycles. The molecule has 0 bridgehead atoms. The van der Waals surface area contributed by atoms with Gasteiger partial charge in [0.25, 0.3) is 0 Å². The van der Waals surface area contributed by atoms with E-state index in [1.165, 1.54) is 0 Å². The molecule has 108 valence electrons. The Bertz CT molecular complexity index is 557. The van der Waals surface area contributed by atoms with Gasteiger partial charge in [-0.25, -0.2) is 4.39 Å². The molecule has 2 aliphatic rings. The fourth-order valence-electron chi connectivity index (χ4n) is 2.63. The molecule has 0 saturated heterocycles. The third-order valence-electron chi connectivity index (χ3n) is 3.73. The van der Waals surface area contributed by atoms with Crippen LogP contribution < -0.4 is 9.47 Å². The smallest absolute Gasteiger partial charge is 0.303 e. The molecule has 1 heterocycles. The van der Waals surface area contributed by atoms with Crippen LogP contribution in [0.4, 0.5) is 4.39 Å². The van der Waals surface area contributed by atoms with Crippen LogP contribution in [0.25, 0.3) is 0 Å². The number of ether oxygens (including phenoxy) is 2. The van der Waals surface area contributed by atoms with Gasteiger partial charge in [-0.2, -0.15) is 0 Å². The van der Waals surface area contributed by atoms with Crippen molar-refractivity contribution in [2.75, 3.05) is 13.2 Å². The molecule has 1 aromatic carbocycles. The summed E-state index contributed by atoms with van der Waals surface area (Å²) in [6.07, 6.45) is 1.74. The van der Waals surface area contributed by atoms with Gasteiger partial charge in [-0.05, 0) is 30.4 Å². The first kappa shape index (κ1) is 13.5. The number of hydrogen-bond donors (Lipinski definition) is 1. The summed E-state index contributed by atoms with van der Waals surface area (Å²) in [7, 11) is 0. The minimum Gasteiger partial charge on any atom is -0.486 e. The van der Waals surface area contributed by atoms with E-state index in [4.69, 9.17) is 26.2 Å². The first-order valence-corrected chi connectivity index (χ1v) is 6.95. The molecular formula is C14H14ClFO4. The molecule has 0 amide bonds. The topological polar surface area (TPSA) is 55.8 Å². The minimum absolute atomic E-state index is 0.0996. The van der Waals surface area contributed by atoms with Gasteiger partial charge >= 0.3 is 5.97 Å². The van der Waals surface area contributed by atoms with Gasteiger partial charge in [0, 0.05) is 5.92 Å². The summed E-state index contributed by atoms with van der Waals surface area (Å²) < 4.78 is 25.2. The van der Waals surface area contributed by atoms with Crippen LogP contribution in [-0.2, 0) is 4.79 Å². The second-order valence-corrected chi connectivity index (χ2v) is 5.54. The highest BCUT2D eigenvalue weighted by atomic mass is 35.5. The lowest BCUT2D eigenvalue weighted by Gasteiger charge is -2.23. The lowest BCUT2D eigenvalue weighted by atomic mass is 9.90. The molecule has 1 atom stereocenters. The van der Waals surface area contributed by atoms with Crippen molar-refractivity contribution in [1.82, 2.24) is 0 Å². The van der Waals surface area contributed by atoms with E-state index in [0.717, 1.165) is 12.8 Å². The first-order valence-electron chi connectivity index (χ1n) is 6.57. The zero-order valence-electron chi connectivity index (χ0n) is 10.7. The number of carboxylic acid groups (broad SMARTS) is 1. The van der Waals surface area contributed by atoms with Crippen LogP contribution in [0, 0.1) is 11.7 Å². The van der Waals surface area contributed by atoms with Crippen LogP contribution >= 0.6 is 11.6 Å². The SMILES string of the molecule is O=C(O)CC(c1cc2c(c(Cl)c1F)OCCO2)C1CC1. The van der Waals surface area contributed by atoms with Crippen LogP contribution in [0.2, 0.25) is 5.02 Å². The summed E-state index contributed by atoms with van der Waals surface area (Å²) in [5.41, 5.74) is 0.323. The molecule has 0 aromatic heterocycles. The van der Waals surface area contributed by atoms with Gasteiger partial charge in [-0.3, -0.25) is 4.79 Å². The Labute approximate surface area is 120 Å².